The maximum atomic E-state index is 13.0. The number of nitriles is 1. The van der Waals surface area contributed by atoms with Crippen molar-refractivity contribution in [3.63, 3.8) is 0 Å². The first-order chi connectivity index (χ1) is 23.5. The second-order valence-electron chi connectivity index (χ2n) is 14.0. The molecule has 1 amide bonds. The Labute approximate surface area is 288 Å². The standard InChI is InChI=1S/C36H41F3N8OS/c1-3-32(48)46-12-8-35(9-13-46)21-45(22-35)14-15-47-27(19-40)16-29-24(2)25(4-5-31(29)47)20-44-10-6-26(7-11-44)43-33-30-17-28(18-36(37,38)39)49-34(30)42-23-41-33/h3-5,16-17,23,26H,1,6-15,18,20-22H2,2H3,(H,41,42,43). The summed E-state index contributed by atoms with van der Waals surface area (Å²) in [7, 11) is 0. The number of rotatable bonds is 9. The number of fused-ring (bicyclic) bond motifs is 2. The average Bonchev–Trinajstić information content (AvgIpc) is 3.65. The molecule has 7 rings (SSSR count). The summed E-state index contributed by atoms with van der Waals surface area (Å²) in [6.07, 6.45) is 1.46. The Balaban J connectivity index is 0.938. The SMILES string of the molecule is C=CC(=O)N1CCC2(CC1)CN(CCn1c(C#N)cc3c(C)c(CN4CCC(Nc5ncnc6sc(CC(F)(F)F)cc56)CC4)ccc31)C2. The van der Waals surface area contributed by atoms with E-state index >= 15 is 0 Å². The Morgan fingerprint density at radius 1 is 1.10 bits per heavy atom. The molecule has 6 heterocycles. The molecule has 9 nitrogen and oxygen atoms in total. The number of aromatic nitrogens is 3. The molecule has 0 aliphatic carbocycles. The van der Waals surface area contributed by atoms with Crippen molar-refractivity contribution in [3.05, 3.63) is 64.9 Å². The number of hydrogen-bond donors (Lipinski definition) is 1. The molecule has 258 valence electrons. The van der Waals surface area contributed by atoms with E-state index in [9.17, 15) is 23.2 Å². The zero-order valence-corrected chi connectivity index (χ0v) is 28.5. The van der Waals surface area contributed by atoms with Crippen LogP contribution in [0.25, 0.3) is 21.1 Å². The number of nitrogens with zero attached hydrogens (tertiary/aromatic N) is 7. The topological polar surface area (TPSA) is 93.3 Å². The number of aryl methyl sites for hydroxylation is 1. The fourth-order valence-electron chi connectivity index (χ4n) is 7.95. The summed E-state index contributed by atoms with van der Waals surface area (Å²) >= 11 is 1.07. The van der Waals surface area contributed by atoms with E-state index in [2.05, 4.69) is 61.4 Å². The molecule has 49 heavy (non-hydrogen) atoms. The molecule has 3 saturated heterocycles. The largest absolute Gasteiger partial charge is 0.393 e. The zero-order chi connectivity index (χ0) is 34.3. The Hall–Kier alpha value is -3.99. The summed E-state index contributed by atoms with van der Waals surface area (Å²) in [4.78, 5) is 28.1. The van der Waals surface area contributed by atoms with E-state index in [1.165, 1.54) is 23.5 Å². The molecule has 3 aliphatic rings. The molecule has 1 N–H and O–H groups in total. The number of amides is 1. The second-order valence-corrected chi connectivity index (χ2v) is 15.1. The minimum atomic E-state index is -4.26. The lowest BCUT2D eigenvalue weighted by Crippen LogP contribution is -2.61. The van der Waals surface area contributed by atoms with Crippen molar-refractivity contribution in [2.24, 2.45) is 5.41 Å². The summed E-state index contributed by atoms with van der Waals surface area (Å²) in [6.45, 7) is 13.7. The number of alkyl halides is 3. The van der Waals surface area contributed by atoms with Crippen molar-refractivity contribution in [2.75, 3.05) is 51.1 Å². The predicted molar refractivity (Wildman–Crippen MR) is 185 cm³/mol. The molecular formula is C36H41F3N8OS. The predicted octanol–water partition coefficient (Wildman–Crippen LogP) is 6.12. The van der Waals surface area contributed by atoms with Crippen LogP contribution >= 0.6 is 11.3 Å². The van der Waals surface area contributed by atoms with E-state index in [-0.39, 0.29) is 16.8 Å². The molecule has 0 saturated carbocycles. The summed E-state index contributed by atoms with van der Waals surface area (Å²) in [5.41, 5.74) is 4.53. The van der Waals surface area contributed by atoms with Crippen molar-refractivity contribution < 1.29 is 18.0 Å². The van der Waals surface area contributed by atoms with Crippen LogP contribution in [0, 0.1) is 23.7 Å². The molecule has 0 atom stereocenters. The van der Waals surface area contributed by atoms with Crippen molar-refractivity contribution in [3.8, 4) is 6.07 Å². The summed E-state index contributed by atoms with van der Waals surface area (Å²) in [6, 6.07) is 10.5. The van der Waals surface area contributed by atoms with Gasteiger partial charge in [-0.05, 0) is 73.4 Å². The fourth-order valence-corrected chi connectivity index (χ4v) is 8.98. The quantitative estimate of drug-likeness (QED) is 0.212. The minimum Gasteiger partial charge on any atom is -0.367 e. The summed E-state index contributed by atoms with van der Waals surface area (Å²) in [5.74, 6) is 0.626. The molecule has 13 heteroatoms. The number of carbonyl (C=O) groups excluding carboxylic acids is 1. The third-order valence-electron chi connectivity index (χ3n) is 10.7. The van der Waals surface area contributed by atoms with Gasteiger partial charge in [0.2, 0.25) is 5.91 Å². The van der Waals surface area contributed by atoms with Crippen LogP contribution in [0.2, 0.25) is 0 Å². The van der Waals surface area contributed by atoms with Gasteiger partial charge in [0.1, 0.15) is 28.7 Å². The molecule has 1 aromatic carbocycles. The Morgan fingerprint density at radius 3 is 2.55 bits per heavy atom. The number of nitrogens with one attached hydrogen (secondary N) is 1. The molecule has 3 aliphatic heterocycles. The van der Waals surface area contributed by atoms with E-state index in [1.54, 1.807) is 6.07 Å². The highest BCUT2D eigenvalue weighted by molar-refractivity contribution is 7.18. The number of anilines is 1. The van der Waals surface area contributed by atoms with Crippen molar-refractivity contribution in [2.45, 2.75) is 64.3 Å². The van der Waals surface area contributed by atoms with Crippen LogP contribution in [-0.4, -0.2) is 93.2 Å². The molecule has 0 radical (unpaired) electrons. The van der Waals surface area contributed by atoms with Crippen LogP contribution in [0.1, 0.15) is 47.4 Å². The van der Waals surface area contributed by atoms with Gasteiger partial charge in [0.25, 0.3) is 0 Å². The number of piperidine rings is 2. The third kappa shape index (κ3) is 7.04. The van der Waals surface area contributed by atoms with Crippen LogP contribution in [-0.2, 0) is 24.3 Å². The Morgan fingerprint density at radius 2 is 1.86 bits per heavy atom. The highest BCUT2D eigenvalue weighted by Gasteiger charge is 2.44. The van der Waals surface area contributed by atoms with Gasteiger partial charge in [-0.15, -0.1) is 11.3 Å². The maximum Gasteiger partial charge on any atom is 0.393 e. The number of halogens is 3. The van der Waals surface area contributed by atoms with Crippen molar-refractivity contribution in [1.82, 2.24) is 29.2 Å². The molecular weight excluding hydrogens is 650 g/mol. The van der Waals surface area contributed by atoms with E-state index in [0.717, 1.165) is 107 Å². The van der Waals surface area contributed by atoms with Crippen LogP contribution in [0.3, 0.4) is 0 Å². The smallest absolute Gasteiger partial charge is 0.367 e. The van der Waals surface area contributed by atoms with Gasteiger partial charge in [0, 0.05) is 80.7 Å². The molecule has 1 spiro atoms. The zero-order valence-electron chi connectivity index (χ0n) is 27.7. The van der Waals surface area contributed by atoms with Crippen LogP contribution in [0.15, 0.2) is 43.2 Å². The normalized spacial score (nSPS) is 19.0. The molecule has 4 aromatic rings. The van der Waals surface area contributed by atoms with E-state index in [4.69, 9.17) is 0 Å². The van der Waals surface area contributed by atoms with Gasteiger partial charge in [-0.1, -0.05) is 12.6 Å². The number of carbonyl (C=O) groups is 1. The maximum absolute atomic E-state index is 13.0. The lowest BCUT2D eigenvalue weighted by atomic mass is 9.72. The van der Waals surface area contributed by atoms with E-state index < -0.39 is 12.6 Å². The highest BCUT2D eigenvalue weighted by Crippen LogP contribution is 2.40. The van der Waals surface area contributed by atoms with Gasteiger partial charge >= 0.3 is 6.18 Å². The van der Waals surface area contributed by atoms with Crippen LogP contribution in [0.5, 0.6) is 0 Å². The number of thiophene rings is 1. The van der Waals surface area contributed by atoms with Gasteiger partial charge in [0.15, 0.2) is 0 Å². The van der Waals surface area contributed by atoms with Gasteiger partial charge in [-0.3, -0.25) is 9.69 Å². The lowest BCUT2D eigenvalue weighted by molar-refractivity contribution is -0.131. The number of hydrogen-bond acceptors (Lipinski definition) is 8. The van der Waals surface area contributed by atoms with Crippen molar-refractivity contribution >= 4 is 44.2 Å². The molecule has 3 aromatic heterocycles. The Kier molecular flexibility index (Phi) is 9.15. The first-order valence-electron chi connectivity index (χ1n) is 17.0. The second kappa shape index (κ2) is 13.4. The molecule has 3 fully saturated rings. The van der Waals surface area contributed by atoms with Crippen molar-refractivity contribution in [1.29, 1.82) is 5.26 Å². The number of likely N-dealkylation sites (tertiary alicyclic amines) is 3. The monoisotopic (exact) mass is 690 g/mol. The van der Waals surface area contributed by atoms with E-state index in [0.29, 0.717) is 27.1 Å². The van der Waals surface area contributed by atoms with Crippen LogP contribution < -0.4 is 5.32 Å². The van der Waals surface area contributed by atoms with E-state index in [1.807, 2.05) is 11.0 Å². The van der Waals surface area contributed by atoms with Crippen LogP contribution in [0.4, 0.5) is 19.0 Å². The van der Waals surface area contributed by atoms with Gasteiger partial charge in [-0.25, -0.2) is 9.97 Å². The summed E-state index contributed by atoms with van der Waals surface area (Å²) < 4.78 is 41.0. The summed E-state index contributed by atoms with van der Waals surface area (Å²) in [5, 5.41) is 15.3. The first kappa shape index (κ1) is 33.5. The minimum absolute atomic E-state index is 0.0258. The molecule has 0 bridgehead atoms. The Bertz CT molecular complexity index is 1900. The van der Waals surface area contributed by atoms with Gasteiger partial charge in [0.05, 0.1) is 11.8 Å². The number of benzene rings is 1. The third-order valence-corrected chi connectivity index (χ3v) is 11.8. The van der Waals surface area contributed by atoms with Gasteiger partial charge < -0.3 is 19.7 Å². The molecule has 0 unspecified atom stereocenters. The average molecular weight is 691 g/mol. The fraction of sp³-hybridized carbons (Fsp3) is 0.500. The lowest BCUT2D eigenvalue weighted by Gasteiger charge is -2.54. The van der Waals surface area contributed by atoms with Gasteiger partial charge in [-0.2, -0.15) is 18.4 Å². The highest BCUT2D eigenvalue weighted by atomic mass is 32.1. The first-order valence-corrected chi connectivity index (χ1v) is 17.8.